The lowest BCUT2D eigenvalue weighted by Gasteiger charge is -2.31. The normalized spacial score (nSPS) is 16.4. The number of piperidine rings is 1. The Kier molecular flexibility index (Phi) is 6.40. The Balaban J connectivity index is 1.67. The number of rotatable bonds is 4. The van der Waals surface area contributed by atoms with E-state index in [0.717, 1.165) is 28.6 Å². The quantitative estimate of drug-likeness (QED) is 0.693. The van der Waals surface area contributed by atoms with Gasteiger partial charge in [0.1, 0.15) is 5.82 Å². The second-order valence-electron chi connectivity index (χ2n) is 6.80. The number of halogens is 5. The zero-order valence-corrected chi connectivity index (χ0v) is 17.0. The topological polar surface area (TPSA) is 66.5 Å². The highest BCUT2D eigenvalue weighted by Crippen LogP contribution is 2.36. The molecule has 0 bridgehead atoms. The molecule has 0 aromatic heterocycles. The lowest BCUT2D eigenvalue weighted by atomic mass is 10.1. The fourth-order valence-electron chi connectivity index (χ4n) is 3.14. The molecule has 2 aromatic carbocycles. The van der Waals surface area contributed by atoms with E-state index in [1.165, 1.54) is 12.1 Å². The van der Waals surface area contributed by atoms with Crippen LogP contribution in [0.2, 0.25) is 5.02 Å². The number of hydrogen-bond donors (Lipinski definition) is 1. The molecular weight excluding hydrogens is 448 g/mol. The summed E-state index contributed by atoms with van der Waals surface area (Å²) in [4.78, 5) is 11.7. The van der Waals surface area contributed by atoms with Gasteiger partial charge in [0.2, 0.25) is 10.0 Å². The summed E-state index contributed by atoms with van der Waals surface area (Å²) in [6, 6.07) is 7.15. The molecule has 0 unspecified atom stereocenters. The SMILES string of the molecule is O=C(NC1CCN(S(=O)(=O)c2ccc(Cl)c(C(F)(F)F)c2)CC1)c1ccc(F)cc1. The largest absolute Gasteiger partial charge is 0.417 e. The molecule has 1 aliphatic heterocycles. The van der Waals surface area contributed by atoms with Crippen molar-refractivity contribution in [3.63, 3.8) is 0 Å². The molecule has 1 N–H and O–H groups in total. The minimum Gasteiger partial charge on any atom is -0.349 e. The lowest BCUT2D eigenvalue weighted by molar-refractivity contribution is -0.137. The highest BCUT2D eigenvalue weighted by Gasteiger charge is 2.36. The average molecular weight is 465 g/mol. The van der Waals surface area contributed by atoms with E-state index in [1.54, 1.807) is 0 Å². The Labute approximate surface area is 175 Å². The fraction of sp³-hybridized carbons (Fsp3) is 0.316. The van der Waals surface area contributed by atoms with E-state index >= 15 is 0 Å². The van der Waals surface area contributed by atoms with E-state index in [9.17, 15) is 30.8 Å². The predicted molar refractivity (Wildman–Crippen MR) is 102 cm³/mol. The summed E-state index contributed by atoms with van der Waals surface area (Å²) in [7, 11) is -4.15. The van der Waals surface area contributed by atoms with E-state index in [4.69, 9.17) is 11.6 Å². The van der Waals surface area contributed by atoms with Crippen molar-refractivity contribution in [3.8, 4) is 0 Å². The summed E-state index contributed by atoms with van der Waals surface area (Å²) in [6.45, 7) is 0.0569. The molecule has 162 valence electrons. The number of hydrogen-bond acceptors (Lipinski definition) is 3. The summed E-state index contributed by atoms with van der Waals surface area (Å²) in [5.74, 6) is -0.884. The van der Waals surface area contributed by atoms with Crippen LogP contribution in [0, 0.1) is 5.82 Å². The summed E-state index contributed by atoms with van der Waals surface area (Å²) >= 11 is 5.55. The molecule has 0 aliphatic carbocycles. The number of nitrogens with zero attached hydrogens (tertiary/aromatic N) is 1. The van der Waals surface area contributed by atoms with Crippen LogP contribution in [0.25, 0.3) is 0 Å². The number of amides is 1. The maximum Gasteiger partial charge on any atom is 0.417 e. The van der Waals surface area contributed by atoms with Crippen LogP contribution in [-0.2, 0) is 16.2 Å². The number of carbonyl (C=O) groups excluding carboxylic acids is 1. The predicted octanol–water partition coefficient (Wildman–Crippen LogP) is 4.08. The van der Waals surface area contributed by atoms with Gasteiger partial charge in [-0.2, -0.15) is 17.5 Å². The van der Waals surface area contributed by atoms with E-state index < -0.39 is 43.4 Å². The van der Waals surface area contributed by atoms with Gasteiger partial charge in [-0.1, -0.05) is 11.6 Å². The summed E-state index contributed by atoms with van der Waals surface area (Å²) in [5.41, 5.74) is -0.945. The van der Waals surface area contributed by atoms with Crippen LogP contribution < -0.4 is 5.32 Å². The van der Waals surface area contributed by atoms with Gasteiger partial charge in [-0.3, -0.25) is 4.79 Å². The van der Waals surface area contributed by atoms with Gasteiger partial charge in [-0.05, 0) is 55.3 Å². The standard InChI is InChI=1S/C19H17ClF4N2O3S/c20-17-6-5-15(11-16(17)19(22,23)24)30(28,29)26-9-7-14(8-10-26)25-18(27)12-1-3-13(21)4-2-12/h1-6,11,14H,7-10H2,(H,25,27). The molecule has 1 aliphatic rings. The number of nitrogens with one attached hydrogen (secondary N) is 1. The smallest absolute Gasteiger partial charge is 0.349 e. The first-order valence-electron chi connectivity index (χ1n) is 8.92. The van der Waals surface area contributed by atoms with Crippen molar-refractivity contribution >= 4 is 27.5 Å². The first kappa shape index (κ1) is 22.5. The van der Waals surface area contributed by atoms with Crippen LogP contribution in [0.15, 0.2) is 47.4 Å². The van der Waals surface area contributed by atoms with E-state index in [-0.39, 0.29) is 37.5 Å². The number of alkyl halides is 3. The molecule has 1 amide bonds. The number of benzene rings is 2. The monoisotopic (exact) mass is 464 g/mol. The number of carbonyl (C=O) groups is 1. The van der Waals surface area contributed by atoms with Crippen LogP contribution in [-0.4, -0.2) is 37.8 Å². The van der Waals surface area contributed by atoms with Crippen molar-refractivity contribution in [2.45, 2.75) is 30.0 Å². The Bertz CT molecular complexity index is 1030. The molecule has 5 nitrogen and oxygen atoms in total. The molecular formula is C19H17ClF4N2O3S. The first-order valence-corrected chi connectivity index (χ1v) is 10.7. The van der Waals surface area contributed by atoms with Gasteiger partial charge >= 0.3 is 6.18 Å². The van der Waals surface area contributed by atoms with Crippen LogP contribution in [0.5, 0.6) is 0 Å². The Hall–Kier alpha value is -2.17. The minimum absolute atomic E-state index is 0.0284. The van der Waals surface area contributed by atoms with Crippen LogP contribution >= 0.6 is 11.6 Å². The van der Waals surface area contributed by atoms with Crippen LogP contribution in [0.4, 0.5) is 17.6 Å². The fourth-order valence-corrected chi connectivity index (χ4v) is 4.86. The third-order valence-corrected chi connectivity index (χ3v) is 7.00. The van der Waals surface area contributed by atoms with Crippen LogP contribution in [0.1, 0.15) is 28.8 Å². The molecule has 0 spiro atoms. The van der Waals surface area contributed by atoms with Crippen molar-refractivity contribution < 1.29 is 30.8 Å². The molecule has 0 radical (unpaired) electrons. The third kappa shape index (κ3) is 4.93. The van der Waals surface area contributed by atoms with E-state index in [0.29, 0.717) is 6.07 Å². The van der Waals surface area contributed by atoms with Crippen molar-refractivity contribution in [1.29, 1.82) is 0 Å². The average Bonchev–Trinajstić information content (AvgIpc) is 2.68. The Morgan fingerprint density at radius 2 is 1.67 bits per heavy atom. The second-order valence-corrected chi connectivity index (χ2v) is 9.14. The van der Waals surface area contributed by atoms with Crippen LogP contribution in [0.3, 0.4) is 0 Å². The van der Waals surface area contributed by atoms with Crippen molar-refractivity contribution in [2.75, 3.05) is 13.1 Å². The zero-order valence-electron chi connectivity index (χ0n) is 15.4. The Morgan fingerprint density at radius 1 is 1.07 bits per heavy atom. The lowest BCUT2D eigenvalue weighted by Crippen LogP contribution is -2.46. The molecule has 11 heteroatoms. The van der Waals surface area contributed by atoms with Crippen molar-refractivity contribution in [1.82, 2.24) is 9.62 Å². The van der Waals surface area contributed by atoms with E-state index in [2.05, 4.69) is 5.32 Å². The van der Waals surface area contributed by atoms with E-state index in [1.807, 2.05) is 0 Å². The molecule has 3 rings (SSSR count). The highest BCUT2D eigenvalue weighted by atomic mass is 35.5. The Morgan fingerprint density at radius 3 is 2.23 bits per heavy atom. The molecule has 1 heterocycles. The molecule has 1 fully saturated rings. The van der Waals surface area contributed by atoms with Gasteiger partial charge in [0.25, 0.3) is 5.91 Å². The summed E-state index contributed by atoms with van der Waals surface area (Å²) in [6.07, 6.45) is -4.21. The zero-order chi connectivity index (χ0) is 22.1. The summed E-state index contributed by atoms with van der Waals surface area (Å²) in [5, 5.41) is 2.17. The van der Waals surface area contributed by atoms with Gasteiger partial charge in [0, 0.05) is 24.7 Å². The highest BCUT2D eigenvalue weighted by molar-refractivity contribution is 7.89. The van der Waals surface area contributed by atoms with Gasteiger partial charge in [-0.15, -0.1) is 0 Å². The third-order valence-electron chi connectivity index (χ3n) is 4.78. The maximum atomic E-state index is 13.0. The second kappa shape index (κ2) is 8.52. The number of sulfonamides is 1. The molecule has 0 atom stereocenters. The molecule has 30 heavy (non-hydrogen) atoms. The van der Waals surface area contributed by atoms with Gasteiger partial charge in [0.15, 0.2) is 0 Å². The van der Waals surface area contributed by atoms with Gasteiger partial charge in [0.05, 0.1) is 15.5 Å². The molecule has 0 saturated carbocycles. The van der Waals surface area contributed by atoms with Crippen molar-refractivity contribution in [2.24, 2.45) is 0 Å². The molecule has 1 saturated heterocycles. The van der Waals surface area contributed by atoms with Gasteiger partial charge < -0.3 is 5.32 Å². The van der Waals surface area contributed by atoms with Crippen molar-refractivity contribution in [3.05, 3.63) is 64.4 Å². The first-order chi connectivity index (χ1) is 14.0. The molecule has 2 aromatic rings. The minimum atomic E-state index is -4.78. The maximum absolute atomic E-state index is 13.0. The van der Waals surface area contributed by atoms with Gasteiger partial charge in [-0.25, -0.2) is 12.8 Å². The summed E-state index contributed by atoms with van der Waals surface area (Å²) < 4.78 is 78.7.